The van der Waals surface area contributed by atoms with E-state index in [1.54, 1.807) is 12.1 Å². The van der Waals surface area contributed by atoms with Crippen LogP contribution in [0.1, 0.15) is 31.2 Å². The summed E-state index contributed by atoms with van der Waals surface area (Å²) < 4.78 is 45.9. The molecule has 0 aromatic heterocycles. The molecule has 1 aliphatic rings. The fraction of sp³-hybridized carbons (Fsp3) is 0.600. The molecule has 6 heteroatoms. The molecule has 0 heterocycles. The van der Waals surface area contributed by atoms with Crippen LogP contribution in [0.3, 0.4) is 0 Å². The topological polar surface area (TPSA) is 30.5 Å². The van der Waals surface area contributed by atoms with Crippen LogP contribution in [0.4, 0.5) is 13.2 Å². The number of likely N-dealkylation sites (N-methyl/N-ethyl adjacent to an activating group) is 1. The highest BCUT2D eigenvalue weighted by Crippen LogP contribution is 2.24. The van der Waals surface area contributed by atoms with Crippen molar-refractivity contribution < 1.29 is 22.6 Å². The predicted octanol–water partition coefficient (Wildman–Crippen LogP) is 3.63. The van der Waals surface area contributed by atoms with E-state index in [0.717, 1.165) is 24.8 Å². The Morgan fingerprint density at radius 2 is 1.81 bits per heavy atom. The van der Waals surface area contributed by atoms with Gasteiger partial charge in [0.2, 0.25) is 0 Å². The summed E-state index contributed by atoms with van der Waals surface area (Å²) in [4.78, 5) is 0. The molecule has 0 bridgehead atoms. The molecule has 2 unspecified atom stereocenters. The Kier molecular flexibility index (Phi) is 5.47. The van der Waals surface area contributed by atoms with Gasteiger partial charge in [0.1, 0.15) is 5.75 Å². The van der Waals surface area contributed by atoms with Gasteiger partial charge in [-0.05, 0) is 37.6 Å². The van der Waals surface area contributed by atoms with Gasteiger partial charge in [0, 0.05) is 6.04 Å². The van der Waals surface area contributed by atoms with E-state index in [-0.39, 0.29) is 11.9 Å². The standard InChI is InChI=1S/C15H20F3NO2/c1-19-13-4-2-3-5-14(13)20-10-11-6-8-12(9-7-11)21-15(16,17)18/h6-9,13-14,19H,2-5,10H2,1H3. The molecule has 0 radical (unpaired) electrons. The smallest absolute Gasteiger partial charge is 0.406 e. The fourth-order valence-corrected chi connectivity index (χ4v) is 2.62. The minimum atomic E-state index is -4.65. The summed E-state index contributed by atoms with van der Waals surface area (Å²) in [5, 5.41) is 3.26. The van der Waals surface area contributed by atoms with Gasteiger partial charge in [0.25, 0.3) is 0 Å². The number of rotatable bonds is 5. The van der Waals surface area contributed by atoms with E-state index >= 15 is 0 Å². The van der Waals surface area contributed by atoms with Crippen molar-refractivity contribution in [2.24, 2.45) is 0 Å². The molecule has 21 heavy (non-hydrogen) atoms. The second-order valence-corrected chi connectivity index (χ2v) is 5.22. The van der Waals surface area contributed by atoms with Crippen molar-refractivity contribution in [1.29, 1.82) is 0 Å². The lowest BCUT2D eigenvalue weighted by Gasteiger charge is -2.31. The number of nitrogens with one attached hydrogen (secondary N) is 1. The van der Waals surface area contributed by atoms with Crippen LogP contribution in [0.15, 0.2) is 24.3 Å². The molecule has 1 N–H and O–H groups in total. The van der Waals surface area contributed by atoms with E-state index in [9.17, 15) is 13.2 Å². The maximum atomic E-state index is 12.1. The monoisotopic (exact) mass is 303 g/mol. The molecular formula is C15H20F3NO2. The summed E-state index contributed by atoms with van der Waals surface area (Å²) in [5.41, 5.74) is 0.838. The van der Waals surface area contributed by atoms with E-state index in [1.807, 2.05) is 7.05 Å². The summed E-state index contributed by atoms with van der Waals surface area (Å²) in [7, 11) is 1.93. The zero-order valence-corrected chi connectivity index (χ0v) is 12.0. The van der Waals surface area contributed by atoms with E-state index in [1.165, 1.54) is 18.6 Å². The average Bonchev–Trinajstić information content (AvgIpc) is 2.45. The summed E-state index contributed by atoms with van der Waals surface area (Å²) in [5.74, 6) is -0.211. The van der Waals surface area contributed by atoms with Crippen LogP contribution >= 0.6 is 0 Å². The van der Waals surface area contributed by atoms with Gasteiger partial charge < -0.3 is 14.8 Å². The highest BCUT2D eigenvalue weighted by molar-refractivity contribution is 5.27. The average molecular weight is 303 g/mol. The van der Waals surface area contributed by atoms with E-state index in [2.05, 4.69) is 10.1 Å². The van der Waals surface area contributed by atoms with Crippen molar-refractivity contribution in [3.63, 3.8) is 0 Å². The maximum Gasteiger partial charge on any atom is 0.573 e. The molecule has 1 saturated carbocycles. The van der Waals surface area contributed by atoms with Crippen molar-refractivity contribution in [2.45, 2.75) is 50.8 Å². The normalized spacial score (nSPS) is 23.0. The van der Waals surface area contributed by atoms with Crippen molar-refractivity contribution in [3.05, 3.63) is 29.8 Å². The van der Waals surface area contributed by atoms with Crippen LogP contribution in [-0.2, 0) is 11.3 Å². The van der Waals surface area contributed by atoms with Gasteiger partial charge in [0.15, 0.2) is 0 Å². The first-order valence-corrected chi connectivity index (χ1v) is 7.11. The second kappa shape index (κ2) is 7.13. The lowest BCUT2D eigenvalue weighted by atomic mass is 9.92. The first-order valence-electron chi connectivity index (χ1n) is 7.11. The Morgan fingerprint density at radius 3 is 2.43 bits per heavy atom. The fourth-order valence-electron chi connectivity index (χ4n) is 2.62. The van der Waals surface area contributed by atoms with Crippen molar-refractivity contribution in [1.82, 2.24) is 5.32 Å². The van der Waals surface area contributed by atoms with Crippen molar-refractivity contribution >= 4 is 0 Å². The maximum absolute atomic E-state index is 12.1. The molecule has 0 aliphatic heterocycles. The van der Waals surface area contributed by atoms with Gasteiger partial charge in [-0.15, -0.1) is 13.2 Å². The summed E-state index contributed by atoms with van der Waals surface area (Å²) >= 11 is 0. The molecule has 1 fully saturated rings. The number of alkyl halides is 3. The zero-order valence-electron chi connectivity index (χ0n) is 12.0. The molecule has 118 valence electrons. The molecule has 2 rings (SSSR count). The number of halogens is 3. The minimum Gasteiger partial charge on any atom is -0.406 e. The zero-order chi connectivity index (χ0) is 15.3. The van der Waals surface area contributed by atoms with Crippen LogP contribution < -0.4 is 10.1 Å². The van der Waals surface area contributed by atoms with Gasteiger partial charge >= 0.3 is 6.36 Å². The van der Waals surface area contributed by atoms with Gasteiger partial charge in [-0.25, -0.2) is 0 Å². The molecule has 1 aliphatic carbocycles. The Morgan fingerprint density at radius 1 is 1.14 bits per heavy atom. The summed E-state index contributed by atoms with van der Waals surface area (Å²) in [6, 6.07) is 6.16. The van der Waals surface area contributed by atoms with Crippen molar-refractivity contribution in [2.75, 3.05) is 7.05 Å². The van der Waals surface area contributed by atoms with Crippen LogP contribution in [0.2, 0.25) is 0 Å². The van der Waals surface area contributed by atoms with Crippen LogP contribution in [0, 0.1) is 0 Å². The first-order chi connectivity index (χ1) is 9.98. The Balaban J connectivity index is 1.85. The van der Waals surface area contributed by atoms with Gasteiger partial charge in [-0.3, -0.25) is 0 Å². The van der Waals surface area contributed by atoms with E-state index in [4.69, 9.17) is 4.74 Å². The van der Waals surface area contributed by atoms with Gasteiger partial charge in [-0.2, -0.15) is 0 Å². The summed E-state index contributed by atoms with van der Waals surface area (Å²) in [6.07, 6.45) is -0.0221. The third-order valence-electron chi connectivity index (χ3n) is 3.69. The number of hydrogen-bond acceptors (Lipinski definition) is 3. The molecule has 2 atom stereocenters. The number of ether oxygens (including phenoxy) is 2. The lowest BCUT2D eigenvalue weighted by molar-refractivity contribution is -0.274. The van der Waals surface area contributed by atoms with Crippen molar-refractivity contribution in [3.8, 4) is 5.75 Å². The van der Waals surface area contributed by atoms with E-state index in [0.29, 0.717) is 12.6 Å². The quantitative estimate of drug-likeness (QED) is 0.901. The molecule has 0 spiro atoms. The van der Waals surface area contributed by atoms with Gasteiger partial charge in [-0.1, -0.05) is 25.0 Å². The number of hydrogen-bond donors (Lipinski definition) is 1. The SMILES string of the molecule is CNC1CCCCC1OCc1ccc(OC(F)(F)F)cc1. The molecule has 0 saturated heterocycles. The second-order valence-electron chi connectivity index (χ2n) is 5.22. The Labute approximate surface area is 122 Å². The first kappa shape index (κ1) is 16.1. The molecular weight excluding hydrogens is 283 g/mol. The minimum absolute atomic E-state index is 0.162. The summed E-state index contributed by atoms with van der Waals surface area (Å²) in [6.45, 7) is 0.398. The lowest BCUT2D eigenvalue weighted by Crippen LogP contribution is -2.41. The highest BCUT2D eigenvalue weighted by atomic mass is 19.4. The highest BCUT2D eigenvalue weighted by Gasteiger charge is 2.31. The predicted molar refractivity (Wildman–Crippen MR) is 73.0 cm³/mol. The van der Waals surface area contributed by atoms with E-state index < -0.39 is 6.36 Å². The van der Waals surface area contributed by atoms with Crippen LogP contribution in [0.5, 0.6) is 5.75 Å². The third kappa shape index (κ3) is 5.21. The third-order valence-corrected chi connectivity index (χ3v) is 3.69. The van der Waals surface area contributed by atoms with Crippen LogP contribution in [0.25, 0.3) is 0 Å². The molecule has 1 aromatic rings. The van der Waals surface area contributed by atoms with Gasteiger partial charge in [0.05, 0.1) is 12.7 Å². The number of benzene rings is 1. The Bertz CT molecular complexity index is 434. The molecule has 3 nitrogen and oxygen atoms in total. The molecule has 1 aromatic carbocycles. The molecule has 0 amide bonds. The Hall–Kier alpha value is -1.27. The largest absolute Gasteiger partial charge is 0.573 e. The van der Waals surface area contributed by atoms with Crippen LogP contribution in [-0.4, -0.2) is 25.6 Å².